The minimum atomic E-state index is 0.0554. The maximum absolute atomic E-state index is 12.1. The molecule has 1 aromatic rings. The molecule has 20 heavy (non-hydrogen) atoms. The zero-order chi connectivity index (χ0) is 14.4. The topological polar surface area (TPSA) is 55.6 Å². The van der Waals surface area contributed by atoms with E-state index in [1.165, 1.54) is 19.3 Å². The van der Waals surface area contributed by atoms with Gasteiger partial charge in [0.15, 0.2) is 6.61 Å². The van der Waals surface area contributed by atoms with Gasteiger partial charge in [-0.2, -0.15) is 0 Å². The number of ether oxygens (including phenoxy) is 1. The molecule has 1 aliphatic carbocycles. The molecule has 110 valence electrons. The molecular weight excluding hydrogens is 252 g/mol. The van der Waals surface area contributed by atoms with Crippen LogP contribution in [0.4, 0.5) is 0 Å². The molecule has 0 aliphatic heterocycles. The highest BCUT2D eigenvalue weighted by Crippen LogP contribution is 2.21. The largest absolute Gasteiger partial charge is 0.484 e. The molecule has 4 heteroatoms. The summed E-state index contributed by atoms with van der Waals surface area (Å²) in [6, 6.07) is 7.95. The van der Waals surface area contributed by atoms with E-state index in [0.29, 0.717) is 18.3 Å². The summed E-state index contributed by atoms with van der Waals surface area (Å²) in [6.07, 6.45) is 5.98. The van der Waals surface area contributed by atoms with Crippen molar-refractivity contribution in [3.63, 3.8) is 0 Å². The first-order valence-electron chi connectivity index (χ1n) is 7.38. The van der Waals surface area contributed by atoms with Crippen molar-refractivity contribution in [2.75, 3.05) is 13.7 Å². The van der Waals surface area contributed by atoms with Gasteiger partial charge in [0.2, 0.25) is 0 Å². The van der Waals surface area contributed by atoms with Crippen molar-refractivity contribution in [2.24, 2.45) is 5.73 Å². The zero-order valence-electron chi connectivity index (χ0n) is 12.2. The van der Waals surface area contributed by atoms with Crippen molar-refractivity contribution in [3.8, 4) is 5.75 Å². The van der Waals surface area contributed by atoms with Crippen LogP contribution in [-0.4, -0.2) is 30.5 Å². The van der Waals surface area contributed by atoms with E-state index in [0.717, 1.165) is 18.4 Å². The summed E-state index contributed by atoms with van der Waals surface area (Å²) >= 11 is 0. The number of hydrogen-bond acceptors (Lipinski definition) is 3. The molecular formula is C16H24N2O2. The Bertz CT molecular complexity index is 425. The van der Waals surface area contributed by atoms with Crippen molar-refractivity contribution >= 4 is 5.91 Å². The second kappa shape index (κ2) is 7.29. The fraction of sp³-hybridized carbons (Fsp3) is 0.562. The van der Waals surface area contributed by atoms with Gasteiger partial charge in [-0.15, -0.1) is 0 Å². The Morgan fingerprint density at radius 1 is 1.25 bits per heavy atom. The lowest BCUT2D eigenvalue weighted by Crippen LogP contribution is -2.40. The van der Waals surface area contributed by atoms with Gasteiger partial charge in [0.25, 0.3) is 5.91 Å². The molecule has 1 amide bonds. The average Bonchev–Trinajstić information content (AvgIpc) is 2.53. The van der Waals surface area contributed by atoms with Gasteiger partial charge >= 0.3 is 0 Å². The first-order chi connectivity index (χ1) is 9.70. The van der Waals surface area contributed by atoms with Crippen LogP contribution in [0.2, 0.25) is 0 Å². The van der Waals surface area contributed by atoms with Gasteiger partial charge in [0, 0.05) is 19.6 Å². The monoisotopic (exact) mass is 276 g/mol. The van der Waals surface area contributed by atoms with E-state index in [1.54, 1.807) is 0 Å². The van der Waals surface area contributed by atoms with Crippen LogP contribution in [-0.2, 0) is 11.3 Å². The van der Waals surface area contributed by atoms with Crippen LogP contribution in [0, 0.1) is 0 Å². The van der Waals surface area contributed by atoms with Crippen LogP contribution >= 0.6 is 0 Å². The molecule has 0 bridgehead atoms. The molecule has 1 saturated carbocycles. The van der Waals surface area contributed by atoms with Gasteiger partial charge < -0.3 is 15.4 Å². The minimum absolute atomic E-state index is 0.0554. The highest BCUT2D eigenvalue weighted by atomic mass is 16.5. The fourth-order valence-electron chi connectivity index (χ4n) is 2.64. The minimum Gasteiger partial charge on any atom is -0.484 e. The molecule has 0 saturated heterocycles. The number of rotatable bonds is 5. The predicted octanol–water partition coefficient (Wildman–Crippen LogP) is 2.32. The molecule has 1 aliphatic rings. The Labute approximate surface area is 120 Å². The Morgan fingerprint density at radius 2 is 1.90 bits per heavy atom. The van der Waals surface area contributed by atoms with Crippen molar-refractivity contribution < 1.29 is 9.53 Å². The van der Waals surface area contributed by atoms with Crippen molar-refractivity contribution in [1.82, 2.24) is 4.90 Å². The number of carbonyl (C=O) groups is 1. The lowest BCUT2D eigenvalue weighted by atomic mass is 9.94. The molecule has 1 aromatic carbocycles. The average molecular weight is 276 g/mol. The van der Waals surface area contributed by atoms with E-state index in [1.807, 2.05) is 36.2 Å². The maximum atomic E-state index is 12.1. The number of amides is 1. The maximum Gasteiger partial charge on any atom is 0.260 e. The van der Waals surface area contributed by atoms with Gasteiger partial charge in [0.1, 0.15) is 5.75 Å². The van der Waals surface area contributed by atoms with Gasteiger partial charge in [-0.1, -0.05) is 31.4 Å². The highest BCUT2D eigenvalue weighted by Gasteiger charge is 2.22. The van der Waals surface area contributed by atoms with Gasteiger partial charge in [-0.3, -0.25) is 4.79 Å². The normalized spacial score (nSPS) is 15.9. The first-order valence-corrected chi connectivity index (χ1v) is 7.38. The second-order valence-corrected chi connectivity index (χ2v) is 5.43. The standard InChI is InChI=1S/C16H24N2O2/c1-18(14-5-3-2-4-6-14)16(19)12-20-15-9-7-13(11-17)8-10-15/h7-10,14H,2-6,11-12,17H2,1H3. The summed E-state index contributed by atoms with van der Waals surface area (Å²) in [5.41, 5.74) is 6.60. The van der Waals surface area contributed by atoms with E-state index in [-0.39, 0.29) is 12.5 Å². The van der Waals surface area contributed by atoms with Crippen LogP contribution in [0.3, 0.4) is 0 Å². The molecule has 1 fully saturated rings. The van der Waals surface area contributed by atoms with Crippen LogP contribution in [0.1, 0.15) is 37.7 Å². The van der Waals surface area contributed by atoms with Gasteiger partial charge in [-0.05, 0) is 30.5 Å². The first kappa shape index (κ1) is 14.9. The molecule has 2 N–H and O–H groups in total. The highest BCUT2D eigenvalue weighted by molar-refractivity contribution is 5.77. The third kappa shape index (κ3) is 3.97. The van der Waals surface area contributed by atoms with Gasteiger partial charge in [-0.25, -0.2) is 0 Å². The molecule has 4 nitrogen and oxygen atoms in total. The molecule has 0 atom stereocenters. The van der Waals surface area contributed by atoms with E-state index in [2.05, 4.69) is 0 Å². The summed E-state index contributed by atoms with van der Waals surface area (Å²) in [5, 5.41) is 0. The zero-order valence-corrected chi connectivity index (χ0v) is 12.2. The Hall–Kier alpha value is -1.55. The van der Waals surface area contributed by atoms with E-state index >= 15 is 0 Å². The SMILES string of the molecule is CN(C(=O)COc1ccc(CN)cc1)C1CCCCC1. The lowest BCUT2D eigenvalue weighted by molar-refractivity contribution is -0.134. The summed E-state index contributed by atoms with van der Waals surface area (Å²) in [6.45, 7) is 0.624. The smallest absolute Gasteiger partial charge is 0.260 e. The number of benzene rings is 1. The van der Waals surface area contributed by atoms with Crippen molar-refractivity contribution in [3.05, 3.63) is 29.8 Å². The van der Waals surface area contributed by atoms with Crippen LogP contribution < -0.4 is 10.5 Å². The summed E-state index contributed by atoms with van der Waals surface area (Å²) in [4.78, 5) is 14.0. The number of nitrogens with two attached hydrogens (primary N) is 1. The summed E-state index contributed by atoms with van der Waals surface area (Å²) < 4.78 is 5.55. The number of hydrogen-bond donors (Lipinski definition) is 1. The van der Waals surface area contributed by atoms with Crippen LogP contribution in [0.25, 0.3) is 0 Å². The van der Waals surface area contributed by atoms with Crippen LogP contribution in [0.15, 0.2) is 24.3 Å². The lowest BCUT2D eigenvalue weighted by Gasteiger charge is -2.31. The molecule has 2 rings (SSSR count). The third-order valence-electron chi connectivity index (χ3n) is 4.04. The number of nitrogens with zero attached hydrogens (tertiary/aromatic N) is 1. The van der Waals surface area contributed by atoms with E-state index < -0.39 is 0 Å². The molecule has 0 spiro atoms. The Balaban J connectivity index is 1.81. The van der Waals surface area contributed by atoms with Crippen LogP contribution in [0.5, 0.6) is 5.75 Å². The summed E-state index contributed by atoms with van der Waals surface area (Å²) in [5.74, 6) is 0.771. The van der Waals surface area contributed by atoms with Crippen molar-refractivity contribution in [1.29, 1.82) is 0 Å². The van der Waals surface area contributed by atoms with Gasteiger partial charge in [0.05, 0.1) is 0 Å². The molecule has 0 aromatic heterocycles. The predicted molar refractivity (Wildman–Crippen MR) is 79.5 cm³/mol. The Morgan fingerprint density at radius 3 is 2.50 bits per heavy atom. The second-order valence-electron chi connectivity index (χ2n) is 5.43. The summed E-state index contributed by atoms with van der Waals surface area (Å²) in [7, 11) is 1.89. The number of likely N-dealkylation sites (N-methyl/N-ethyl adjacent to an activating group) is 1. The molecule has 0 radical (unpaired) electrons. The number of carbonyl (C=O) groups excluding carboxylic acids is 1. The third-order valence-corrected chi connectivity index (χ3v) is 4.04. The fourth-order valence-corrected chi connectivity index (χ4v) is 2.64. The quantitative estimate of drug-likeness (QED) is 0.898. The molecule has 0 heterocycles. The van der Waals surface area contributed by atoms with E-state index in [9.17, 15) is 4.79 Å². The molecule has 0 unspecified atom stereocenters. The Kier molecular flexibility index (Phi) is 5.41. The van der Waals surface area contributed by atoms with Crippen molar-refractivity contribution in [2.45, 2.75) is 44.7 Å². The van der Waals surface area contributed by atoms with E-state index in [4.69, 9.17) is 10.5 Å².